The monoisotopic (exact) mass is 131 g/mol. The van der Waals surface area contributed by atoms with Gasteiger partial charge in [0.2, 0.25) is 0 Å². The molecule has 3 heteroatoms. The van der Waals surface area contributed by atoms with Crippen LogP contribution >= 0.6 is 0 Å². The zero-order valence-corrected chi connectivity index (χ0v) is 4.90. The molecule has 1 aliphatic carbocycles. The first kappa shape index (κ1) is 6.47. The molecule has 0 spiro atoms. The summed E-state index contributed by atoms with van der Waals surface area (Å²) < 4.78 is 24.5. The minimum atomic E-state index is -2.53. The second-order valence-electron chi connectivity index (χ2n) is 2.36. The summed E-state index contributed by atoms with van der Waals surface area (Å²) in [5.74, 6) is -3.18. The summed E-state index contributed by atoms with van der Waals surface area (Å²) >= 11 is 0. The highest BCUT2D eigenvalue weighted by Crippen LogP contribution is 2.44. The summed E-state index contributed by atoms with van der Waals surface area (Å²) in [5.41, 5.74) is 0. The third-order valence-corrected chi connectivity index (χ3v) is 1.76. The summed E-state index contributed by atoms with van der Waals surface area (Å²) in [5, 5.41) is 8.05. The van der Waals surface area contributed by atoms with Crippen molar-refractivity contribution in [2.45, 2.75) is 25.2 Å². The van der Waals surface area contributed by atoms with Gasteiger partial charge in [-0.1, -0.05) is 0 Å². The SMILES string of the molecule is N#CCC1CCC1(F)F. The van der Waals surface area contributed by atoms with Crippen LogP contribution in [0.5, 0.6) is 0 Å². The molecule has 1 saturated carbocycles. The van der Waals surface area contributed by atoms with Crippen LogP contribution in [-0.2, 0) is 0 Å². The van der Waals surface area contributed by atoms with E-state index in [-0.39, 0.29) is 12.8 Å². The Balaban J connectivity index is 2.38. The molecule has 1 rings (SSSR count). The highest BCUT2D eigenvalue weighted by molar-refractivity contribution is 4.93. The fraction of sp³-hybridized carbons (Fsp3) is 0.833. The average Bonchev–Trinajstić information content (AvgIpc) is 1.81. The van der Waals surface area contributed by atoms with Crippen molar-refractivity contribution in [1.29, 1.82) is 5.26 Å². The Hall–Kier alpha value is -0.650. The van der Waals surface area contributed by atoms with Gasteiger partial charge in [0, 0.05) is 18.8 Å². The maximum atomic E-state index is 12.2. The predicted octanol–water partition coefficient (Wildman–Crippen LogP) is 1.95. The number of halogens is 2. The van der Waals surface area contributed by atoms with Crippen LogP contribution in [0.2, 0.25) is 0 Å². The van der Waals surface area contributed by atoms with Crippen molar-refractivity contribution in [3.8, 4) is 6.07 Å². The van der Waals surface area contributed by atoms with Crippen molar-refractivity contribution >= 4 is 0 Å². The van der Waals surface area contributed by atoms with Crippen LogP contribution in [0.15, 0.2) is 0 Å². The van der Waals surface area contributed by atoms with Gasteiger partial charge < -0.3 is 0 Å². The molecule has 0 heterocycles. The van der Waals surface area contributed by atoms with Gasteiger partial charge in [0.1, 0.15) is 0 Å². The molecule has 0 saturated heterocycles. The lowest BCUT2D eigenvalue weighted by atomic mass is 9.79. The third kappa shape index (κ3) is 1.02. The van der Waals surface area contributed by atoms with E-state index in [2.05, 4.69) is 0 Å². The number of nitriles is 1. The lowest BCUT2D eigenvalue weighted by molar-refractivity contribution is -0.129. The molecule has 1 aliphatic rings. The largest absolute Gasteiger partial charge is 0.251 e. The molecule has 0 aliphatic heterocycles. The zero-order valence-electron chi connectivity index (χ0n) is 4.90. The molecule has 1 unspecified atom stereocenters. The van der Waals surface area contributed by atoms with Gasteiger partial charge in [0.15, 0.2) is 0 Å². The molecule has 0 bridgehead atoms. The average molecular weight is 131 g/mol. The van der Waals surface area contributed by atoms with E-state index in [1.165, 1.54) is 0 Å². The predicted molar refractivity (Wildman–Crippen MR) is 27.9 cm³/mol. The molecule has 0 aromatic heterocycles. The summed E-state index contributed by atoms with van der Waals surface area (Å²) in [7, 11) is 0. The molecule has 0 aromatic rings. The fourth-order valence-electron chi connectivity index (χ4n) is 0.928. The smallest absolute Gasteiger partial charge is 0.207 e. The Labute approximate surface area is 52.3 Å². The maximum absolute atomic E-state index is 12.2. The van der Waals surface area contributed by atoms with Crippen LogP contribution in [0.3, 0.4) is 0 Å². The summed E-state index contributed by atoms with van der Waals surface area (Å²) in [4.78, 5) is 0. The van der Waals surface area contributed by atoms with E-state index in [1.807, 2.05) is 0 Å². The van der Waals surface area contributed by atoms with Crippen molar-refractivity contribution in [3.05, 3.63) is 0 Å². The minimum Gasteiger partial charge on any atom is -0.207 e. The highest BCUT2D eigenvalue weighted by atomic mass is 19.3. The van der Waals surface area contributed by atoms with Gasteiger partial charge >= 0.3 is 0 Å². The second-order valence-corrected chi connectivity index (χ2v) is 2.36. The second kappa shape index (κ2) is 1.94. The van der Waals surface area contributed by atoms with Crippen molar-refractivity contribution in [3.63, 3.8) is 0 Å². The summed E-state index contributed by atoms with van der Waals surface area (Å²) in [6.07, 6.45) is 0.493. The molecule has 0 amide bonds. The minimum absolute atomic E-state index is 0.00694. The van der Waals surface area contributed by atoms with E-state index in [1.54, 1.807) is 6.07 Å². The quantitative estimate of drug-likeness (QED) is 0.533. The number of alkyl halides is 2. The number of rotatable bonds is 1. The normalized spacial score (nSPS) is 30.6. The van der Waals surface area contributed by atoms with Gasteiger partial charge in [0.25, 0.3) is 5.92 Å². The van der Waals surface area contributed by atoms with Gasteiger partial charge in [-0.25, -0.2) is 8.78 Å². The van der Waals surface area contributed by atoms with Crippen molar-refractivity contribution in [1.82, 2.24) is 0 Å². The van der Waals surface area contributed by atoms with E-state index in [4.69, 9.17) is 5.26 Å². The first-order valence-corrected chi connectivity index (χ1v) is 2.91. The summed E-state index contributed by atoms with van der Waals surface area (Å²) in [6.45, 7) is 0. The Bertz CT molecular complexity index is 148. The number of hydrogen-bond acceptors (Lipinski definition) is 1. The molecule has 1 nitrogen and oxygen atoms in total. The van der Waals surface area contributed by atoms with Crippen molar-refractivity contribution < 1.29 is 8.78 Å². The molecule has 0 radical (unpaired) electrons. The first-order chi connectivity index (χ1) is 4.17. The van der Waals surface area contributed by atoms with Crippen LogP contribution in [0.1, 0.15) is 19.3 Å². The molecule has 50 valence electrons. The van der Waals surface area contributed by atoms with Crippen LogP contribution in [0.4, 0.5) is 8.78 Å². The third-order valence-electron chi connectivity index (χ3n) is 1.76. The van der Waals surface area contributed by atoms with E-state index >= 15 is 0 Å². The fourth-order valence-corrected chi connectivity index (χ4v) is 0.928. The lowest BCUT2D eigenvalue weighted by Gasteiger charge is -2.34. The topological polar surface area (TPSA) is 23.8 Å². The first-order valence-electron chi connectivity index (χ1n) is 2.91. The molecular weight excluding hydrogens is 124 g/mol. The number of hydrogen-bond donors (Lipinski definition) is 0. The zero-order chi connectivity index (χ0) is 6.91. The number of nitrogens with zero attached hydrogens (tertiary/aromatic N) is 1. The molecule has 9 heavy (non-hydrogen) atoms. The molecule has 0 aromatic carbocycles. The highest BCUT2D eigenvalue weighted by Gasteiger charge is 2.47. The lowest BCUT2D eigenvalue weighted by Crippen LogP contribution is -2.38. The maximum Gasteiger partial charge on any atom is 0.251 e. The van der Waals surface area contributed by atoms with E-state index in [9.17, 15) is 8.78 Å². The van der Waals surface area contributed by atoms with E-state index in [0.717, 1.165) is 0 Å². The Kier molecular flexibility index (Phi) is 1.40. The van der Waals surface area contributed by atoms with Crippen LogP contribution in [0, 0.1) is 17.2 Å². The van der Waals surface area contributed by atoms with Crippen LogP contribution in [-0.4, -0.2) is 5.92 Å². The Morgan fingerprint density at radius 2 is 2.33 bits per heavy atom. The van der Waals surface area contributed by atoms with Gasteiger partial charge in [-0.15, -0.1) is 0 Å². The van der Waals surface area contributed by atoms with Gasteiger partial charge in [0.05, 0.1) is 6.07 Å². The van der Waals surface area contributed by atoms with Crippen LogP contribution in [0.25, 0.3) is 0 Å². The van der Waals surface area contributed by atoms with Crippen LogP contribution < -0.4 is 0 Å². The molecule has 1 fully saturated rings. The van der Waals surface area contributed by atoms with Crippen molar-refractivity contribution in [2.24, 2.45) is 5.92 Å². The Morgan fingerprint density at radius 1 is 1.67 bits per heavy atom. The Morgan fingerprint density at radius 3 is 2.44 bits per heavy atom. The van der Waals surface area contributed by atoms with Gasteiger partial charge in [-0.05, 0) is 6.42 Å². The van der Waals surface area contributed by atoms with Crippen molar-refractivity contribution in [2.75, 3.05) is 0 Å². The molecule has 1 atom stereocenters. The van der Waals surface area contributed by atoms with E-state index in [0.29, 0.717) is 6.42 Å². The summed E-state index contributed by atoms with van der Waals surface area (Å²) in [6, 6.07) is 1.75. The molecule has 0 N–H and O–H groups in total. The standard InChI is InChI=1S/C6H7F2N/c7-6(8)3-1-5(6)2-4-9/h5H,1-3H2. The van der Waals surface area contributed by atoms with Gasteiger partial charge in [-0.2, -0.15) is 5.26 Å². The van der Waals surface area contributed by atoms with Gasteiger partial charge in [-0.3, -0.25) is 0 Å². The molecular formula is C6H7F2N. The van der Waals surface area contributed by atoms with E-state index < -0.39 is 11.8 Å².